The van der Waals surface area contributed by atoms with Crippen LogP contribution in [-0.4, -0.2) is 58.4 Å². The molecule has 0 atom stereocenters. The average Bonchev–Trinajstić information content (AvgIpc) is 3.72. The molecule has 1 saturated heterocycles. The van der Waals surface area contributed by atoms with E-state index in [-0.39, 0.29) is 6.10 Å². The number of ether oxygens (including phenoxy) is 2. The van der Waals surface area contributed by atoms with Crippen molar-refractivity contribution in [3.05, 3.63) is 42.6 Å². The molecule has 0 bridgehead atoms. The van der Waals surface area contributed by atoms with Crippen molar-refractivity contribution in [3.63, 3.8) is 0 Å². The van der Waals surface area contributed by atoms with Crippen molar-refractivity contribution in [1.29, 1.82) is 0 Å². The van der Waals surface area contributed by atoms with Gasteiger partial charge in [0.2, 0.25) is 0 Å². The lowest BCUT2D eigenvalue weighted by atomic mass is 9.93. The number of hydrogen-bond acceptors (Lipinski definition) is 8. The van der Waals surface area contributed by atoms with Gasteiger partial charge >= 0.3 is 0 Å². The van der Waals surface area contributed by atoms with Crippen LogP contribution < -0.4 is 15.0 Å². The maximum Gasteiger partial charge on any atom is 0.149 e. The summed E-state index contributed by atoms with van der Waals surface area (Å²) in [6, 6.07) is 6.64. The van der Waals surface area contributed by atoms with Crippen molar-refractivity contribution in [3.8, 4) is 5.75 Å². The Hall–Kier alpha value is -3.00. The average molecular weight is 447 g/mol. The van der Waals surface area contributed by atoms with E-state index in [1.54, 1.807) is 12.4 Å². The van der Waals surface area contributed by atoms with Crippen LogP contribution in [0.5, 0.6) is 5.75 Å². The first-order valence-corrected chi connectivity index (χ1v) is 12.2. The van der Waals surface area contributed by atoms with Gasteiger partial charge in [-0.25, -0.2) is 15.0 Å². The quantitative estimate of drug-likeness (QED) is 0.610. The number of morpholine rings is 1. The molecular formula is C25H30N6O2. The van der Waals surface area contributed by atoms with Crippen molar-refractivity contribution in [2.24, 2.45) is 0 Å². The fourth-order valence-corrected chi connectivity index (χ4v) is 4.83. The summed E-state index contributed by atoms with van der Waals surface area (Å²) in [6.07, 6.45) is 12.1. The maximum atomic E-state index is 6.54. The molecule has 2 aliphatic carbocycles. The first kappa shape index (κ1) is 20.6. The third-order valence-electron chi connectivity index (χ3n) is 6.84. The van der Waals surface area contributed by atoms with E-state index in [0.29, 0.717) is 12.0 Å². The normalized spacial score (nSPS) is 23.5. The summed E-state index contributed by atoms with van der Waals surface area (Å²) in [5, 5.41) is 3.62. The van der Waals surface area contributed by atoms with Gasteiger partial charge in [0.05, 0.1) is 24.8 Å². The van der Waals surface area contributed by atoms with E-state index in [2.05, 4.69) is 37.3 Å². The highest BCUT2D eigenvalue weighted by molar-refractivity contribution is 5.85. The second-order valence-electron chi connectivity index (χ2n) is 9.28. The highest BCUT2D eigenvalue weighted by Crippen LogP contribution is 2.38. The zero-order valence-corrected chi connectivity index (χ0v) is 18.8. The minimum absolute atomic E-state index is 0.181. The molecule has 1 N–H and O–H groups in total. The summed E-state index contributed by atoms with van der Waals surface area (Å²) in [5.41, 5.74) is 2.84. The standard InChI is InChI=1S/C25H30N6O2/c1-2-17(1)25-28-8-7-23(30-25)29-18-3-5-20(6-4-18)33-22-16-19(31-11-13-32-14-12-31)15-21-24(22)27-10-9-26-21/h7-10,15-18,20H,1-6,11-14H2,(H,28,29,30)/t18-,20+. The monoisotopic (exact) mass is 446 g/mol. The fraction of sp³-hybridized carbons (Fsp3) is 0.520. The topological polar surface area (TPSA) is 85.3 Å². The fourth-order valence-electron chi connectivity index (χ4n) is 4.83. The van der Waals surface area contributed by atoms with Gasteiger partial charge in [-0.05, 0) is 50.7 Å². The second-order valence-corrected chi connectivity index (χ2v) is 9.28. The SMILES string of the molecule is c1cc(N[C@H]2CC[C@@H](Oc3cc(N4CCOCC4)cc4nccnc34)CC2)nc(C2CC2)n1. The predicted octanol–water partition coefficient (Wildman–Crippen LogP) is 3.94. The summed E-state index contributed by atoms with van der Waals surface area (Å²) >= 11 is 0. The van der Waals surface area contributed by atoms with Crippen LogP contribution in [-0.2, 0) is 4.74 Å². The van der Waals surface area contributed by atoms with Gasteiger partial charge in [-0.3, -0.25) is 4.98 Å². The number of nitrogens with one attached hydrogen (secondary N) is 1. The predicted molar refractivity (Wildman–Crippen MR) is 127 cm³/mol. The summed E-state index contributed by atoms with van der Waals surface area (Å²) in [6.45, 7) is 3.27. The Morgan fingerprint density at radius 1 is 0.909 bits per heavy atom. The number of benzene rings is 1. The summed E-state index contributed by atoms with van der Waals surface area (Å²) in [7, 11) is 0. The molecule has 1 aromatic carbocycles. The summed E-state index contributed by atoms with van der Waals surface area (Å²) in [4.78, 5) is 20.6. The van der Waals surface area contributed by atoms with E-state index in [4.69, 9.17) is 14.5 Å². The lowest BCUT2D eigenvalue weighted by molar-refractivity contribution is 0.122. The molecule has 1 aliphatic heterocycles. The van der Waals surface area contributed by atoms with E-state index in [0.717, 1.165) is 86.1 Å². The van der Waals surface area contributed by atoms with E-state index < -0.39 is 0 Å². The zero-order chi connectivity index (χ0) is 22.0. The van der Waals surface area contributed by atoms with Crippen molar-refractivity contribution >= 4 is 22.5 Å². The van der Waals surface area contributed by atoms with Crippen molar-refractivity contribution in [2.45, 2.75) is 56.6 Å². The Balaban J connectivity index is 1.12. The maximum absolute atomic E-state index is 6.54. The summed E-state index contributed by atoms with van der Waals surface area (Å²) in [5.74, 6) is 3.35. The van der Waals surface area contributed by atoms with Crippen molar-refractivity contribution < 1.29 is 9.47 Å². The molecule has 8 nitrogen and oxygen atoms in total. The van der Waals surface area contributed by atoms with Gasteiger partial charge in [-0.1, -0.05) is 0 Å². The van der Waals surface area contributed by atoms with Crippen LogP contribution in [0, 0.1) is 0 Å². The number of anilines is 2. The van der Waals surface area contributed by atoms with Gasteiger partial charge in [0.15, 0.2) is 0 Å². The summed E-state index contributed by atoms with van der Waals surface area (Å²) < 4.78 is 12.1. The lowest BCUT2D eigenvalue weighted by Gasteiger charge is -2.31. The van der Waals surface area contributed by atoms with Gasteiger partial charge in [-0.2, -0.15) is 0 Å². The molecule has 3 fully saturated rings. The van der Waals surface area contributed by atoms with Gasteiger partial charge < -0.3 is 19.7 Å². The zero-order valence-electron chi connectivity index (χ0n) is 18.8. The molecule has 3 aliphatic rings. The molecule has 3 heterocycles. The highest BCUT2D eigenvalue weighted by atomic mass is 16.5. The number of hydrogen-bond donors (Lipinski definition) is 1. The minimum atomic E-state index is 0.181. The van der Waals surface area contributed by atoms with Gasteiger partial charge in [0, 0.05) is 55.4 Å². The van der Waals surface area contributed by atoms with Crippen LogP contribution in [0.15, 0.2) is 36.8 Å². The molecule has 172 valence electrons. The molecule has 0 amide bonds. The first-order valence-electron chi connectivity index (χ1n) is 12.2. The second kappa shape index (κ2) is 9.09. The Bertz CT molecular complexity index is 1110. The molecule has 3 aromatic rings. The van der Waals surface area contributed by atoms with E-state index in [1.807, 2.05) is 12.3 Å². The number of rotatable bonds is 6. The third-order valence-corrected chi connectivity index (χ3v) is 6.84. The Kier molecular flexibility index (Phi) is 5.68. The Morgan fingerprint density at radius 3 is 2.55 bits per heavy atom. The molecular weight excluding hydrogens is 416 g/mol. The van der Waals surface area contributed by atoms with Crippen LogP contribution in [0.25, 0.3) is 11.0 Å². The van der Waals surface area contributed by atoms with Crippen molar-refractivity contribution in [2.75, 3.05) is 36.5 Å². The Morgan fingerprint density at radius 2 is 1.73 bits per heavy atom. The van der Waals surface area contributed by atoms with E-state index in [9.17, 15) is 0 Å². The van der Waals surface area contributed by atoms with E-state index >= 15 is 0 Å². The van der Waals surface area contributed by atoms with E-state index in [1.165, 1.54) is 12.8 Å². The molecule has 33 heavy (non-hydrogen) atoms. The Labute approximate surface area is 193 Å². The molecule has 2 aromatic heterocycles. The molecule has 0 radical (unpaired) electrons. The minimum Gasteiger partial charge on any atom is -0.488 e. The van der Waals surface area contributed by atoms with Crippen LogP contribution in [0.1, 0.15) is 50.3 Å². The van der Waals surface area contributed by atoms with Gasteiger partial charge in [-0.15, -0.1) is 0 Å². The largest absolute Gasteiger partial charge is 0.488 e. The molecule has 2 saturated carbocycles. The van der Waals surface area contributed by atoms with Gasteiger partial charge in [0.25, 0.3) is 0 Å². The number of fused-ring (bicyclic) bond motifs is 1. The first-order chi connectivity index (χ1) is 16.3. The molecule has 0 spiro atoms. The number of aromatic nitrogens is 4. The smallest absolute Gasteiger partial charge is 0.149 e. The van der Waals surface area contributed by atoms with Crippen LogP contribution in [0.4, 0.5) is 11.5 Å². The number of nitrogens with zero attached hydrogens (tertiary/aromatic N) is 5. The van der Waals surface area contributed by atoms with Crippen LogP contribution in [0.3, 0.4) is 0 Å². The highest BCUT2D eigenvalue weighted by Gasteiger charge is 2.28. The van der Waals surface area contributed by atoms with Crippen LogP contribution >= 0.6 is 0 Å². The molecule has 6 rings (SSSR count). The molecule has 8 heteroatoms. The lowest BCUT2D eigenvalue weighted by Crippen LogP contribution is -2.36. The van der Waals surface area contributed by atoms with Crippen molar-refractivity contribution in [1.82, 2.24) is 19.9 Å². The van der Waals surface area contributed by atoms with Crippen LogP contribution in [0.2, 0.25) is 0 Å². The van der Waals surface area contributed by atoms with Gasteiger partial charge in [0.1, 0.15) is 22.9 Å². The molecule has 0 unspecified atom stereocenters. The third kappa shape index (κ3) is 4.71.